The van der Waals surface area contributed by atoms with Crippen LogP contribution in [0.4, 0.5) is 10.1 Å². The molecule has 1 amide bonds. The van der Waals surface area contributed by atoms with Crippen LogP contribution in [0.3, 0.4) is 0 Å². The Morgan fingerprint density at radius 3 is 2.43 bits per heavy atom. The van der Waals surface area contributed by atoms with E-state index < -0.39 is 17.6 Å². The zero-order valence-corrected chi connectivity index (χ0v) is 15.4. The summed E-state index contributed by atoms with van der Waals surface area (Å²) in [5.74, 6) is -1.90. The fraction of sp³-hybridized carbons (Fsp3) is 0.273. The Bertz CT molecular complexity index is 918. The minimum Gasteiger partial charge on any atom is -0.379 e. The van der Waals surface area contributed by atoms with E-state index in [2.05, 4.69) is 17.0 Å². The first-order valence-corrected chi connectivity index (χ1v) is 9.32. The minimum absolute atomic E-state index is 0.312. The number of anilines is 1. The third-order valence-corrected chi connectivity index (χ3v) is 4.97. The van der Waals surface area contributed by atoms with Gasteiger partial charge in [-0.15, -0.1) is 0 Å². The zero-order valence-electron chi connectivity index (χ0n) is 15.4. The molecule has 2 aliphatic rings. The summed E-state index contributed by atoms with van der Waals surface area (Å²) in [5, 5.41) is 0. The van der Waals surface area contributed by atoms with Crippen molar-refractivity contribution in [3.8, 4) is 11.1 Å². The lowest BCUT2D eigenvalue weighted by Crippen LogP contribution is -2.35. The molecule has 0 bridgehead atoms. The average Bonchev–Trinajstić information content (AvgIpc) is 2.69. The highest BCUT2D eigenvalue weighted by molar-refractivity contribution is 6.14. The molecule has 2 aliphatic heterocycles. The van der Waals surface area contributed by atoms with Gasteiger partial charge in [0.25, 0.3) is 0 Å². The number of ether oxygens (including phenoxy) is 1. The van der Waals surface area contributed by atoms with Crippen LogP contribution < -0.4 is 4.90 Å². The molecule has 0 spiro atoms. The number of hydrogen-bond acceptors (Lipinski definition) is 4. The van der Waals surface area contributed by atoms with Gasteiger partial charge in [0.05, 0.1) is 25.3 Å². The van der Waals surface area contributed by atoms with Crippen LogP contribution in [0.2, 0.25) is 0 Å². The highest BCUT2D eigenvalue weighted by Gasteiger charge is 2.27. The van der Waals surface area contributed by atoms with Crippen LogP contribution in [-0.2, 0) is 20.9 Å². The standard InChI is InChI=1S/C22H21FN2O3/c23-21-13-20(26)14-22(27)25(21)19-3-1-2-18(12-19)17-6-4-16(5-7-17)15-24-8-10-28-11-9-24/h1-7,12-13H,8-11,14-15H2. The molecule has 2 heterocycles. The van der Waals surface area contributed by atoms with Crippen molar-refractivity contribution in [2.75, 3.05) is 31.2 Å². The Kier molecular flexibility index (Phi) is 5.32. The molecular weight excluding hydrogens is 359 g/mol. The Balaban J connectivity index is 1.53. The minimum atomic E-state index is -0.834. The van der Waals surface area contributed by atoms with E-state index in [-0.39, 0.29) is 6.42 Å². The number of benzene rings is 2. The monoisotopic (exact) mass is 380 g/mol. The topological polar surface area (TPSA) is 49.9 Å². The van der Waals surface area contributed by atoms with Crippen molar-refractivity contribution >= 4 is 17.4 Å². The second-order valence-corrected chi connectivity index (χ2v) is 6.98. The maximum Gasteiger partial charge on any atom is 0.241 e. The van der Waals surface area contributed by atoms with E-state index in [4.69, 9.17) is 4.74 Å². The lowest BCUT2D eigenvalue weighted by Gasteiger charge is -2.26. The van der Waals surface area contributed by atoms with Gasteiger partial charge in [-0.1, -0.05) is 36.4 Å². The molecule has 28 heavy (non-hydrogen) atoms. The van der Waals surface area contributed by atoms with Crippen LogP contribution in [0.15, 0.2) is 60.6 Å². The normalized spacial score (nSPS) is 18.3. The van der Waals surface area contributed by atoms with E-state index >= 15 is 0 Å². The van der Waals surface area contributed by atoms with Crippen LogP contribution in [0.1, 0.15) is 12.0 Å². The van der Waals surface area contributed by atoms with Crippen molar-refractivity contribution < 1.29 is 18.7 Å². The highest BCUT2D eigenvalue weighted by atomic mass is 19.1. The molecule has 144 valence electrons. The van der Waals surface area contributed by atoms with Gasteiger partial charge in [-0.2, -0.15) is 4.39 Å². The second kappa shape index (κ2) is 8.04. The van der Waals surface area contributed by atoms with Crippen molar-refractivity contribution in [2.24, 2.45) is 0 Å². The number of carbonyl (C=O) groups is 2. The Labute approximate surface area is 163 Å². The van der Waals surface area contributed by atoms with Crippen LogP contribution in [-0.4, -0.2) is 42.9 Å². The van der Waals surface area contributed by atoms with Gasteiger partial charge in [-0.3, -0.25) is 19.4 Å². The summed E-state index contributed by atoms with van der Waals surface area (Å²) in [6, 6.07) is 15.4. The number of halogens is 1. The molecule has 0 aliphatic carbocycles. The van der Waals surface area contributed by atoms with E-state index in [1.807, 2.05) is 18.2 Å². The predicted molar refractivity (Wildman–Crippen MR) is 104 cm³/mol. The number of nitrogens with zero attached hydrogens (tertiary/aromatic N) is 2. The summed E-state index contributed by atoms with van der Waals surface area (Å²) in [5.41, 5.74) is 3.51. The first kappa shape index (κ1) is 18.5. The Hall–Kier alpha value is -2.83. The van der Waals surface area contributed by atoms with Gasteiger partial charge in [0, 0.05) is 25.7 Å². The number of amides is 1. The van der Waals surface area contributed by atoms with E-state index in [0.717, 1.165) is 55.0 Å². The molecule has 0 atom stereocenters. The quantitative estimate of drug-likeness (QED) is 0.603. The van der Waals surface area contributed by atoms with Crippen LogP contribution in [0.25, 0.3) is 11.1 Å². The molecule has 0 N–H and O–H groups in total. The molecule has 0 unspecified atom stereocenters. The lowest BCUT2D eigenvalue weighted by atomic mass is 10.0. The van der Waals surface area contributed by atoms with E-state index in [1.165, 1.54) is 5.56 Å². The largest absolute Gasteiger partial charge is 0.379 e. The molecule has 0 aromatic heterocycles. The smallest absolute Gasteiger partial charge is 0.241 e. The maximum atomic E-state index is 14.2. The molecular formula is C22H21FN2O3. The van der Waals surface area contributed by atoms with E-state index in [0.29, 0.717) is 5.69 Å². The summed E-state index contributed by atoms with van der Waals surface area (Å²) >= 11 is 0. The molecule has 2 aromatic rings. The van der Waals surface area contributed by atoms with Gasteiger partial charge in [-0.05, 0) is 28.8 Å². The van der Waals surface area contributed by atoms with Crippen LogP contribution in [0.5, 0.6) is 0 Å². The van der Waals surface area contributed by atoms with E-state index in [9.17, 15) is 14.0 Å². The first-order valence-electron chi connectivity index (χ1n) is 9.32. The van der Waals surface area contributed by atoms with Gasteiger partial charge in [0.15, 0.2) is 5.78 Å². The Morgan fingerprint density at radius 2 is 1.71 bits per heavy atom. The molecule has 5 nitrogen and oxygen atoms in total. The van der Waals surface area contributed by atoms with Gasteiger partial charge in [-0.25, -0.2) is 0 Å². The third-order valence-electron chi connectivity index (χ3n) is 4.97. The number of morpholine rings is 1. The van der Waals surface area contributed by atoms with Crippen molar-refractivity contribution in [1.82, 2.24) is 4.90 Å². The number of allylic oxidation sites excluding steroid dienone is 1. The molecule has 2 aromatic carbocycles. The SMILES string of the molecule is O=C1C=C(F)N(c2cccc(-c3ccc(CN4CCOCC4)cc3)c2)C(=O)C1. The van der Waals surface area contributed by atoms with Gasteiger partial charge in [0.2, 0.25) is 11.9 Å². The fourth-order valence-corrected chi connectivity index (χ4v) is 3.51. The second-order valence-electron chi connectivity index (χ2n) is 6.98. The van der Waals surface area contributed by atoms with Crippen LogP contribution >= 0.6 is 0 Å². The number of rotatable bonds is 4. The van der Waals surface area contributed by atoms with Gasteiger partial charge < -0.3 is 4.74 Å². The summed E-state index contributed by atoms with van der Waals surface area (Å²) in [7, 11) is 0. The lowest BCUT2D eigenvalue weighted by molar-refractivity contribution is -0.125. The molecule has 6 heteroatoms. The fourth-order valence-electron chi connectivity index (χ4n) is 3.51. The highest BCUT2D eigenvalue weighted by Crippen LogP contribution is 2.29. The number of carbonyl (C=O) groups excluding carboxylic acids is 2. The molecule has 1 fully saturated rings. The first-order chi connectivity index (χ1) is 13.6. The Morgan fingerprint density at radius 1 is 0.964 bits per heavy atom. The van der Waals surface area contributed by atoms with E-state index in [1.54, 1.807) is 18.2 Å². The number of ketones is 1. The van der Waals surface area contributed by atoms with Crippen molar-refractivity contribution in [3.05, 3.63) is 66.1 Å². The maximum absolute atomic E-state index is 14.2. The summed E-state index contributed by atoms with van der Waals surface area (Å²) in [6.45, 7) is 4.31. The molecule has 0 saturated carbocycles. The van der Waals surface area contributed by atoms with Crippen molar-refractivity contribution in [3.63, 3.8) is 0 Å². The molecule has 1 saturated heterocycles. The average molecular weight is 380 g/mol. The van der Waals surface area contributed by atoms with Crippen molar-refractivity contribution in [1.29, 1.82) is 0 Å². The van der Waals surface area contributed by atoms with Gasteiger partial charge >= 0.3 is 0 Å². The summed E-state index contributed by atoms with van der Waals surface area (Å²) in [4.78, 5) is 26.8. The van der Waals surface area contributed by atoms with Crippen molar-refractivity contribution in [2.45, 2.75) is 13.0 Å². The predicted octanol–water partition coefficient (Wildman–Crippen LogP) is 3.30. The van der Waals surface area contributed by atoms with Gasteiger partial charge in [0.1, 0.15) is 0 Å². The zero-order chi connectivity index (χ0) is 19.5. The van der Waals surface area contributed by atoms with Crippen LogP contribution in [0, 0.1) is 0 Å². The number of hydrogen-bond donors (Lipinski definition) is 0. The molecule has 0 radical (unpaired) electrons. The summed E-state index contributed by atoms with van der Waals surface area (Å²) < 4.78 is 19.6. The third kappa shape index (κ3) is 4.03. The molecule has 4 rings (SSSR count). The summed E-state index contributed by atoms with van der Waals surface area (Å²) in [6.07, 6.45) is 0.558.